The first kappa shape index (κ1) is 14.9. The van der Waals surface area contributed by atoms with Crippen LogP contribution in [0.4, 0.5) is 11.4 Å². The Morgan fingerprint density at radius 2 is 2.05 bits per heavy atom. The summed E-state index contributed by atoms with van der Waals surface area (Å²) in [5.41, 5.74) is 10.9. The second kappa shape index (κ2) is 5.47. The molecule has 0 amide bonds. The van der Waals surface area contributed by atoms with E-state index in [0.29, 0.717) is 12.2 Å². The molecule has 2 aromatic rings. The highest BCUT2D eigenvalue weighted by Gasteiger charge is 2.13. The Bertz CT molecular complexity index is 704. The second-order valence-electron chi connectivity index (χ2n) is 5.19. The zero-order valence-corrected chi connectivity index (χ0v) is 12.7. The molecule has 0 bridgehead atoms. The zero-order valence-electron chi connectivity index (χ0n) is 12.7. The fourth-order valence-electron chi connectivity index (χ4n) is 2.34. The van der Waals surface area contributed by atoms with Gasteiger partial charge in [-0.1, -0.05) is 0 Å². The summed E-state index contributed by atoms with van der Waals surface area (Å²) in [5, 5.41) is 16.8. The van der Waals surface area contributed by atoms with E-state index >= 15 is 0 Å². The van der Waals surface area contributed by atoms with E-state index in [1.165, 1.54) is 0 Å². The van der Waals surface area contributed by atoms with Crippen LogP contribution in [0.2, 0.25) is 0 Å². The van der Waals surface area contributed by atoms with Crippen molar-refractivity contribution in [3.63, 3.8) is 0 Å². The lowest BCUT2D eigenvalue weighted by molar-refractivity contribution is 0.0698. The number of nitrogen functional groups attached to an aromatic ring is 1. The normalized spacial score (nSPS) is 10.7. The minimum Gasteiger partial charge on any atom is -0.478 e. The van der Waals surface area contributed by atoms with E-state index in [0.717, 1.165) is 28.2 Å². The van der Waals surface area contributed by atoms with Gasteiger partial charge in [-0.15, -0.1) is 0 Å². The number of nitrogens with two attached hydrogens (primary N) is 1. The van der Waals surface area contributed by atoms with Gasteiger partial charge < -0.3 is 16.2 Å². The maximum Gasteiger partial charge on any atom is 0.337 e. The molecule has 1 aromatic heterocycles. The predicted octanol–water partition coefficient (Wildman–Crippen LogP) is 2.24. The largest absolute Gasteiger partial charge is 0.478 e. The average molecular weight is 288 g/mol. The first-order valence-electron chi connectivity index (χ1n) is 6.67. The third-order valence-corrected chi connectivity index (χ3v) is 3.75. The van der Waals surface area contributed by atoms with Crippen molar-refractivity contribution in [3.05, 3.63) is 40.2 Å². The van der Waals surface area contributed by atoms with Crippen molar-refractivity contribution >= 4 is 17.3 Å². The third-order valence-electron chi connectivity index (χ3n) is 3.75. The summed E-state index contributed by atoms with van der Waals surface area (Å²) in [6.45, 7) is 6.36. The standard InChI is InChI=1S/C15H20N4O2/c1-8-5-11(6-12(14(8)16)15(20)21)17-7-13-9(2)18-19(4)10(13)3/h5-6,17H,7,16H2,1-4H3,(H,20,21). The number of nitrogens with one attached hydrogen (secondary N) is 1. The molecule has 0 aliphatic heterocycles. The summed E-state index contributed by atoms with van der Waals surface area (Å²) in [6.07, 6.45) is 0. The quantitative estimate of drug-likeness (QED) is 0.750. The summed E-state index contributed by atoms with van der Waals surface area (Å²) >= 11 is 0. The minimum absolute atomic E-state index is 0.122. The number of aryl methyl sites for hydroxylation is 3. The van der Waals surface area contributed by atoms with Crippen LogP contribution >= 0.6 is 0 Å². The third kappa shape index (κ3) is 2.84. The van der Waals surface area contributed by atoms with Gasteiger partial charge in [-0.3, -0.25) is 4.68 Å². The van der Waals surface area contributed by atoms with Gasteiger partial charge in [-0.25, -0.2) is 4.79 Å². The van der Waals surface area contributed by atoms with Gasteiger partial charge in [-0.2, -0.15) is 5.10 Å². The van der Waals surface area contributed by atoms with Crippen LogP contribution in [-0.2, 0) is 13.6 Å². The molecule has 0 atom stereocenters. The lowest BCUT2D eigenvalue weighted by Crippen LogP contribution is -2.08. The Morgan fingerprint density at radius 1 is 1.38 bits per heavy atom. The molecule has 0 aliphatic rings. The van der Waals surface area contributed by atoms with E-state index in [4.69, 9.17) is 5.73 Å². The van der Waals surface area contributed by atoms with Gasteiger partial charge in [0.1, 0.15) is 0 Å². The number of anilines is 2. The molecule has 1 heterocycles. The molecular formula is C15H20N4O2. The van der Waals surface area contributed by atoms with Crippen molar-refractivity contribution in [1.29, 1.82) is 0 Å². The van der Waals surface area contributed by atoms with Crippen molar-refractivity contribution < 1.29 is 9.90 Å². The number of aromatic nitrogens is 2. The maximum absolute atomic E-state index is 11.2. The molecule has 0 saturated heterocycles. The topological polar surface area (TPSA) is 93.2 Å². The van der Waals surface area contributed by atoms with Gasteiger partial charge in [0.15, 0.2) is 0 Å². The summed E-state index contributed by atoms with van der Waals surface area (Å²) in [4.78, 5) is 11.2. The molecule has 0 spiro atoms. The summed E-state index contributed by atoms with van der Waals surface area (Å²) < 4.78 is 1.84. The Kier molecular flexibility index (Phi) is 3.88. The van der Waals surface area contributed by atoms with Crippen LogP contribution in [0.3, 0.4) is 0 Å². The second-order valence-corrected chi connectivity index (χ2v) is 5.19. The van der Waals surface area contributed by atoms with E-state index < -0.39 is 5.97 Å². The van der Waals surface area contributed by atoms with Crippen LogP contribution in [-0.4, -0.2) is 20.9 Å². The number of aromatic carboxylic acids is 1. The van der Waals surface area contributed by atoms with Crippen LogP contribution in [0.1, 0.15) is 32.9 Å². The molecule has 0 saturated carbocycles. The molecule has 112 valence electrons. The fourth-order valence-corrected chi connectivity index (χ4v) is 2.34. The van der Waals surface area contributed by atoms with Crippen molar-refractivity contribution in [1.82, 2.24) is 9.78 Å². The number of carboxylic acids is 1. The van der Waals surface area contributed by atoms with Gasteiger partial charge in [0.05, 0.1) is 11.3 Å². The van der Waals surface area contributed by atoms with Crippen molar-refractivity contribution in [2.24, 2.45) is 7.05 Å². The van der Waals surface area contributed by atoms with E-state index in [1.807, 2.05) is 31.6 Å². The SMILES string of the molecule is Cc1cc(NCc2c(C)nn(C)c2C)cc(C(=O)O)c1N. The molecule has 6 heteroatoms. The fraction of sp³-hybridized carbons (Fsp3) is 0.333. The highest BCUT2D eigenvalue weighted by Crippen LogP contribution is 2.24. The lowest BCUT2D eigenvalue weighted by Gasteiger charge is -2.11. The molecular weight excluding hydrogens is 268 g/mol. The van der Waals surface area contributed by atoms with Gasteiger partial charge in [0, 0.05) is 36.2 Å². The van der Waals surface area contributed by atoms with Gasteiger partial charge >= 0.3 is 5.97 Å². The van der Waals surface area contributed by atoms with Crippen molar-refractivity contribution in [2.45, 2.75) is 27.3 Å². The van der Waals surface area contributed by atoms with Gasteiger partial charge in [0.25, 0.3) is 0 Å². The molecule has 1 aromatic carbocycles. The summed E-state index contributed by atoms with van der Waals surface area (Å²) in [6, 6.07) is 3.41. The summed E-state index contributed by atoms with van der Waals surface area (Å²) in [7, 11) is 1.90. The van der Waals surface area contributed by atoms with E-state index in [2.05, 4.69) is 10.4 Å². The molecule has 0 fully saturated rings. The Morgan fingerprint density at radius 3 is 2.57 bits per heavy atom. The Labute approximate surface area is 123 Å². The maximum atomic E-state index is 11.2. The highest BCUT2D eigenvalue weighted by atomic mass is 16.4. The molecule has 21 heavy (non-hydrogen) atoms. The number of nitrogens with zero attached hydrogens (tertiary/aromatic N) is 2. The lowest BCUT2D eigenvalue weighted by atomic mass is 10.1. The number of carboxylic acid groups (broad SMARTS) is 1. The number of benzene rings is 1. The van der Waals surface area contributed by atoms with Crippen LogP contribution in [0.25, 0.3) is 0 Å². The minimum atomic E-state index is -1.02. The van der Waals surface area contributed by atoms with Crippen LogP contribution < -0.4 is 11.1 Å². The van der Waals surface area contributed by atoms with Crippen LogP contribution in [0, 0.1) is 20.8 Å². The zero-order chi connectivity index (χ0) is 15.7. The van der Waals surface area contributed by atoms with Crippen molar-refractivity contribution in [3.8, 4) is 0 Å². The van der Waals surface area contributed by atoms with Gasteiger partial charge in [0.2, 0.25) is 0 Å². The predicted molar refractivity (Wildman–Crippen MR) is 82.6 cm³/mol. The van der Waals surface area contributed by atoms with E-state index in [-0.39, 0.29) is 5.56 Å². The summed E-state index contributed by atoms with van der Waals surface area (Å²) in [5.74, 6) is -1.02. The molecule has 0 unspecified atom stereocenters. The Balaban J connectivity index is 2.26. The Hall–Kier alpha value is -2.50. The molecule has 0 aliphatic carbocycles. The number of hydrogen-bond acceptors (Lipinski definition) is 4. The molecule has 2 rings (SSSR count). The molecule has 4 N–H and O–H groups in total. The first-order chi connectivity index (χ1) is 9.81. The molecule has 0 radical (unpaired) electrons. The number of rotatable bonds is 4. The monoisotopic (exact) mass is 288 g/mol. The average Bonchev–Trinajstić information content (AvgIpc) is 2.64. The van der Waals surface area contributed by atoms with Crippen molar-refractivity contribution in [2.75, 3.05) is 11.1 Å². The highest BCUT2D eigenvalue weighted by molar-refractivity contribution is 5.95. The molecule has 6 nitrogen and oxygen atoms in total. The smallest absolute Gasteiger partial charge is 0.337 e. The van der Waals surface area contributed by atoms with E-state index in [9.17, 15) is 9.90 Å². The first-order valence-corrected chi connectivity index (χ1v) is 6.67. The van der Waals surface area contributed by atoms with E-state index in [1.54, 1.807) is 13.0 Å². The van der Waals surface area contributed by atoms with Crippen LogP contribution in [0.15, 0.2) is 12.1 Å². The number of hydrogen-bond donors (Lipinski definition) is 3. The van der Waals surface area contributed by atoms with Crippen LogP contribution in [0.5, 0.6) is 0 Å². The number of carbonyl (C=O) groups is 1. The van der Waals surface area contributed by atoms with Gasteiger partial charge in [-0.05, 0) is 38.5 Å².